The van der Waals surface area contributed by atoms with E-state index in [1.807, 2.05) is 13.1 Å². The number of halogens is 1. The van der Waals surface area contributed by atoms with Crippen molar-refractivity contribution in [2.45, 2.75) is 6.04 Å². The van der Waals surface area contributed by atoms with E-state index in [-0.39, 0.29) is 11.9 Å². The average Bonchev–Trinajstić information content (AvgIpc) is 2.62. The van der Waals surface area contributed by atoms with E-state index in [2.05, 4.69) is 11.2 Å². The molecule has 1 nitrogen and oxygen atoms in total. The van der Waals surface area contributed by atoms with Gasteiger partial charge >= 0.3 is 0 Å². The molecule has 1 unspecified atom stereocenters. The third-order valence-electron chi connectivity index (χ3n) is 2.24. The van der Waals surface area contributed by atoms with Crippen molar-refractivity contribution in [3.8, 4) is 12.3 Å². The van der Waals surface area contributed by atoms with Crippen LogP contribution >= 0.6 is 11.3 Å². The molecule has 0 saturated heterocycles. The van der Waals surface area contributed by atoms with Crippen LogP contribution in [0.3, 0.4) is 0 Å². The van der Waals surface area contributed by atoms with Gasteiger partial charge in [-0.05, 0) is 36.7 Å². The van der Waals surface area contributed by atoms with Gasteiger partial charge in [0.1, 0.15) is 11.9 Å². The first-order valence-corrected chi connectivity index (χ1v) is 5.38. The van der Waals surface area contributed by atoms with E-state index < -0.39 is 0 Å². The molecule has 1 heterocycles. The Labute approximate surface area is 91.9 Å². The second-order valence-corrected chi connectivity index (χ2v) is 4.33. The molecule has 2 aromatic rings. The van der Waals surface area contributed by atoms with Gasteiger partial charge in [-0.25, -0.2) is 4.39 Å². The summed E-state index contributed by atoms with van der Waals surface area (Å²) in [4.78, 5) is 1.04. The van der Waals surface area contributed by atoms with Gasteiger partial charge in [-0.2, -0.15) is 0 Å². The molecule has 1 aromatic heterocycles. The molecule has 1 atom stereocenters. The molecule has 3 heteroatoms. The summed E-state index contributed by atoms with van der Waals surface area (Å²) in [5.74, 6) is 2.43. The van der Waals surface area contributed by atoms with Crippen LogP contribution in [0.1, 0.15) is 10.9 Å². The molecule has 76 valence electrons. The molecule has 0 fully saturated rings. The smallest absolute Gasteiger partial charge is 0.123 e. The molecule has 15 heavy (non-hydrogen) atoms. The zero-order valence-corrected chi connectivity index (χ0v) is 9.07. The number of thiophene rings is 1. The van der Waals surface area contributed by atoms with E-state index in [1.54, 1.807) is 17.4 Å². The maximum Gasteiger partial charge on any atom is 0.123 e. The van der Waals surface area contributed by atoms with Crippen LogP contribution in [0.25, 0.3) is 10.1 Å². The summed E-state index contributed by atoms with van der Waals surface area (Å²) in [6.07, 6.45) is 5.39. The highest BCUT2D eigenvalue weighted by Crippen LogP contribution is 2.29. The Kier molecular flexibility index (Phi) is 2.72. The quantitative estimate of drug-likeness (QED) is 0.766. The SMILES string of the molecule is C#CC(NC)c1cc2cc(F)ccc2s1. The van der Waals surface area contributed by atoms with E-state index in [1.165, 1.54) is 12.1 Å². The summed E-state index contributed by atoms with van der Waals surface area (Å²) in [7, 11) is 1.81. The Morgan fingerprint density at radius 2 is 2.27 bits per heavy atom. The largest absolute Gasteiger partial charge is 0.302 e. The Morgan fingerprint density at radius 1 is 1.47 bits per heavy atom. The van der Waals surface area contributed by atoms with Gasteiger partial charge in [0.2, 0.25) is 0 Å². The van der Waals surface area contributed by atoms with Crippen molar-refractivity contribution < 1.29 is 4.39 Å². The van der Waals surface area contributed by atoms with E-state index in [0.717, 1.165) is 15.0 Å². The first-order chi connectivity index (χ1) is 7.24. The predicted molar refractivity (Wildman–Crippen MR) is 62.4 cm³/mol. The second-order valence-electron chi connectivity index (χ2n) is 3.22. The number of nitrogens with one attached hydrogen (secondary N) is 1. The maximum atomic E-state index is 13.0. The molecule has 0 aliphatic carbocycles. The van der Waals surface area contributed by atoms with Crippen LogP contribution in [0.2, 0.25) is 0 Å². The zero-order chi connectivity index (χ0) is 10.8. The average molecular weight is 219 g/mol. The number of benzene rings is 1. The fourth-order valence-electron chi connectivity index (χ4n) is 1.48. The monoisotopic (exact) mass is 219 g/mol. The van der Waals surface area contributed by atoms with E-state index in [9.17, 15) is 4.39 Å². The highest BCUT2D eigenvalue weighted by molar-refractivity contribution is 7.19. The Bertz CT molecular complexity index is 524. The summed E-state index contributed by atoms with van der Waals surface area (Å²) >= 11 is 1.59. The van der Waals surface area contributed by atoms with E-state index in [0.29, 0.717) is 0 Å². The molecule has 1 N–H and O–H groups in total. The van der Waals surface area contributed by atoms with Crippen LogP contribution in [0.15, 0.2) is 24.3 Å². The summed E-state index contributed by atoms with van der Waals surface area (Å²) in [6.45, 7) is 0. The number of hydrogen-bond donors (Lipinski definition) is 1. The summed E-state index contributed by atoms with van der Waals surface area (Å²) in [5.41, 5.74) is 0. The maximum absolute atomic E-state index is 13.0. The Hall–Kier alpha value is -1.37. The second kappa shape index (κ2) is 4.01. The number of fused-ring (bicyclic) bond motifs is 1. The minimum absolute atomic E-state index is 0.0922. The van der Waals surface area contributed by atoms with Gasteiger partial charge < -0.3 is 5.32 Å². The lowest BCUT2D eigenvalue weighted by Gasteiger charge is -2.04. The highest BCUT2D eigenvalue weighted by Gasteiger charge is 2.09. The Balaban J connectivity index is 2.52. The van der Waals surface area contributed by atoms with Crippen molar-refractivity contribution in [2.75, 3.05) is 7.05 Å². The third kappa shape index (κ3) is 1.87. The fraction of sp³-hybridized carbons (Fsp3) is 0.167. The lowest BCUT2D eigenvalue weighted by Crippen LogP contribution is -2.12. The van der Waals surface area contributed by atoms with Crippen molar-refractivity contribution >= 4 is 21.4 Å². The molecule has 0 bridgehead atoms. The number of rotatable bonds is 2. The fourth-order valence-corrected chi connectivity index (χ4v) is 2.60. The molecule has 0 amide bonds. The molecule has 0 aliphatic rings. The van der Waals surface area contributed by atoms with Gasteiger partial charge in [0.15, 0.2) is 0 Å². The van der Waals surface area contributed by atoms with Crippen molar-refractivity contribution in [3.63, 3.8) is 0 Å². The molecule has 0 spiro atoms. The zero-order valence-electron chi connectivity index (χ0n) is 8.25. The van der Waals surface area contributed by atoms with Crippen molar-refractivity contribution in [1.29, 1.82) is 0 Å². The Morgan fingerprint density at radius 3 is 2.93 bits per heavy atom. The van der Waals surface area contributed by atoms with Gasteiger partial charge in [-0.1, -0.05) is 5.92 Å². The standard InChI is InChI=1S/C12H10FNS/c1-3-10(14-2)12-7-8-6-9(13)4-5-11(8)15-12/h1,4-7,10,14H,2H3. The normalized spacial score (nSPS) is 12.6. The first kappa shape index (κ1) is 10.2. The molecule has 2 rings (SSSR count). The molecule has 1 aromatic carbocycles. The summed E-state index contributed by atoms with van der Waals surface area (Å²) in [5, 5.41) is 3.93. The lowest BCUT2D eigenvalue weighted by molar-refractivity contribution is 0.630. The number of terminal acetylenes is 1. The van der Waals surface area contributed by atoms with Gasteiger partial charge in [0.05, 0.1) is 0 Å². The molecule has 0 aliphatic heterocycles. The van der Waals surface area contributed by atoms with Crippen LogP contribution in [-0.4, -0.2) is 7.05 Å². The third-order valence-corrected chi connectivity index (χ3v) is 3.42. The van der Waals surface area contributed by atoms with Crippen molar-refractivity contribution in [3.05, 3.63) is 35.0 Å². The first-order valence-electron chi connectivity index (χ1n) is 4.57. The minimum Gasteiger partial charge on any atom is -0.302 e. The molecular formula is C12H10FNS. The van der Waals surface area contributed by atoms with Gasteiger partial charge in [0, 0.05) is 9.58 Å². The topological polar surface area (TPSA) is 12.0 Å². The highest BCUT2D eigenvalue weighted by atomic mass is 32.1. The summed E-state index contributed by atoms with van der Waals surface area (Å²) in [6, 6.07) is 6.61. The van der Waals surface area contributed by atoms with Crippen LogP contribution in [-0.2, 0) is 0 Å². The van der Waals surface area contributed by atoms with Crippen molar-refractivity contribution in [1.82, 2.24) is 5.32 Å². The molecular weight excluding hydrogens is 209 g/mol. The van der Waals surface area contributed by atoms with Crippen LogP contribution in [0, 0.1) is 18.2 Å². The number of hydrogen-bond acceptors (Lipinski definition) is 2. The predicted octanol–water partition coefficient (Wildman–Crippen LogP) is 2.93. The van der Waals surface area contributed by atoms with E-state index >= 15 is 0 Å². The lowest BCUT2D eigenvalue weighted by atomic mass is 10.2. The van der Waals surface area contributed by atoms with Crippen LogP contribution in [0.5, 0.6) is 0 Å². The molecule has 0 saturated carbocycles. The molecule has 0 radical (unpaired) electrons. The minimum atomic E-state index is -0.214. The summed E-state index contributed by atoms with van der Waals surface area (Å²) < 4.78 is 14.0. The van der Waals surface area contributed by atoms with E-state index in [4.69, 9.17) is 6.42 Å². The van der Waals surface area contributed by atoms with Gasteiger partial charge in [-0.15, -0.1) is 17.8 Å². The van der Waals surface area contributed by atoms with Crippen molar-refractivity contribution in [2.24, 2.45) is 0 Å². The van der Waals surface area contributed by atoms with Gasteiger partial charge in [0.25, 0.3) is 0 Å². The van der Waals surface area contributed by atoms with Crippen LogP contribution < -0.4 is 5.32 Å². The van der Waals surface area contributed by atoms with Gasteiger partial charge in [-0.3, -0.25) is 0 Å². The van der Waals surface area contributed by atoms with Crippen LogP contribution in [0.4, 0.5) is 4.39 Å².